The molecule has 1 saturated heterocycles. The Morgan fingerprint density at radius 3 is 2.71 bits per heavy atom. The second-order valence-electron chi connectivity index (χ2n) is 6.12. The third-order valence-electron chi connectivity index (χ3n) is 4.51. The smallest absolute Gasteiger partial charge is 0.298 e. The van der Waals surface area contributed by atoms with Crippen LogP contribution in [-0.2, 0) is 4.79 Å². The van der Waals surface area contributed by atoms with Gasteiger partial charge in [0.2, 0.25) is 0 Å². The zero-order valence-electron chi connectivity index (χ0n) is 11.3. The lowest BCUT2D eigenvalue weighted by Crippen LogP contribution is -2.52. The molecule has 0 aromatic rings. The summed E-state index contributed by atoms with van der Waals surface area (Å²) in [5.74, 6) is 7.08. The van der Waals surface area contributed by atoms with Crippen LogP contribution in [0.3, 0.4) is 0 Å². The number of piperidine rings is 1. The van der Waals surface area contributed by atoms with Crippen LogP contribution in [0, 0.1) is 29.1 Å². The van der Waals surface area contributed by atoms with Gasteiger partial charge in [-0.25, -0.2) is 0 Å². The van der Waals surface area contributed by atoms with Crippen LogP contribution in [0.5, 0.6) is 0 Å². The normalized spacial score (nSPS) is 32.0. The van der Waals surface area contributed by atoms with Crippen molar-refractivity contribution >= 4 is 5.91 Å². The molecule has 2 nitrogen and oxygen atoms in total. The highest BCUT2D eigenvalue weighted by Gasteiger charge is 2.47. The molecule has 0 radical (unpaired) electrons. The fourth-order valence-electron chi connectivity index (χ4n) is 3.42. The van der Waals surface area contributed by atoms with E-state index < -0.39 is 0 Å². The minimum atomic E-state index is 0.0274. The van der Waals surface area contributed by atoms with Gasteiger partial charge in [-0.05, 0) is 55.8 Å². The standard InChI is InChI=1S/C15H23NO/c1-4-6-14(17)16-8-5-7-15(11-16)9-13(10-15)12(2)3/h12-13H,5,7-11H2,1-3H3. The Bertz CT molecular complexity index is 355. The van der Waals surface area contributed by atoms with Gasteiger partial charge in [-0.2, -0.15) is 0 Å². The van der Waals surface area contributed by atoms with Crippen LogP contribution in [0.4, 0.5) is 0 Å². The van der Waals surface area contributed by atoms with Crippen molar-refractivity contribution in [1.82, 2.24) is 4.90 Å². The zero-order valence-corrected chi connectivity index (χ0v) is 11.3. The summed E-state index contributed by atoms with van der Waals surface area (Å²) >= 11 is 0. The molecule has 0 unspecified atom stereocenters. The molecule has 2 heteroatoms. The van der Waals surface area contributed by atoms with E-state index in [-0.39, 0.29) is 5.91 Å². The Balaban J connectivity index is 1.94. The number of carbonyl (C=O) groups excluding carboxylic acids is 1. The Kier molecular flexibility index (Phi) is 3.47. The van der Waals surface area contributed by atoms with Crippen LogP contribution in [-0.4, -0.2) is 23.9 Å². The van der Waals surface area contributed by atoms with E-state index >= 15 is 0 Å². The molecule has 1 heterocycles. The summed E-state index contributed by atoms with van der Waals surface area (Å²) in [6.45, 7) is 8.21. The lowest BCUT2D eigenvalue weighted by atomic mass is 9.56. The quantitative estimate of drug-likeness (QED) is 0.638. The maximum atomic E-state index is 11.8. The van der Waals surface area contributed by atoms with Crippen molar-refractivity contribution in [2.45, 2.75) is 46.5 Å². The SMILES string of the molecule is CC#CC(=O)N1CCCC2(CC(C(C)C)C2)C1. The zero-order chi connectivity index (χ0) is 12.5. The molecule has 1 aliphatic heterocycles. The first-order valence-corrected chi connectivity index (χ1v) is 6.78. The fourth-order valence-corrected chi connectivity index (χ4v) is 3.42. The third kappa shape index (κ3) is 2.49. The van der Waals surface area contributed by atoms with E-state index in [0.717, 1.165) is 31.3 Å². The molecule has 2 aliphatic rings. The van der Waals surface area contributed by atoms with Crippen molar-refractivity contribution in [3.05, 3.63) is 0 Å². The van der Waals surface area contributed by atoms with E-state index in [1.165, 1.54) is 19.3 Å². The summed E-state index contributed by atoms with van der Waals surface area (Å²) in [7, 11) is 0. The Morgan fingerprint density at radius 1 is 1.41 bits per heavy atom. The molecule has 0 N–H and O–H groups in total. The van der Waals surface area contributed by atoms with E-state index in [2.05, 4.69) is 25.7 Å². The molecule has 0 aromatic carbocycles. The van der Waals surface area contributed by atoms with Crippen LogP contribution >= 0.6 is 0 Å². The number of rotatable bonds is 1. The predicted molar refractivity (Wildman–Crippen MR) is 69.3 cm³/mol. The lowest BCUT2D eigenvalue weighted by Gasteiger charge is -2.54. The van der Waals surface area contributed by atoms with Gasteiger partial charge >= 0.3 is 0 Å². The second kappa shape index (κ2) is 4.72. The van der Waals surface area contributed by atoms with Gasteiger partial charge in [0.25, 0.3) is 5.91 Å². The van der Waals surface area contributed by atoms with Gasteiger partial charge in [0.1, 0.15) is 0 Å². The third-order valence-corrected chi connectivity index (χ3v) is 4.51. The molecule has 0 atom stereocenters. The molecular formula is C15H23NO. The van der Waals surface area contributed by atoms with E-state index in [1.807, 2.05) is 4.90 Å². The minimum absolute atomic E-state index is 0.0274. The first-order valence-electron chi connectivity index (χ1n) is 6.78. The van der Waals surface area contributed by atoms with Crippen LogP contribution < -0.4 is 0 Å². The van der Waals surface area contributed by atoms with Gasteiger partial charge in [-0.15, -0.1) is 0 Å². The summed E-state index contributed by atoms with van der Waals surface area (Å²) in [5.41, 5.74) is 0.443. The van der Waals surface area contributed by atoms with Gasteiger partial charge < -0.3 is 4.90 Å². The van der Waals surface area contributed by atoms with Gasteiger partial charge in [-0.1, -0.05) is 19.8 Å². The van der Waals surface area contributed by atoms with E-state index in [9.17, 15) is 4.79 Å². The average Bonchev–Trinajstić information content (AvgIpc) is 2.26. The summed E-state index contributed by atoms with van der Waals surface area (Å²) in [6.07, 6.45) is 5.09. The molecule has 0 bridgehead atoms. The molecular weight excluding hydrogens is 210 g/mol. The number of amides is 1. The number of hydrogen-bond donors (Lipinski definition) is 0. The molecule has 1 aliphatic carbocycles. The van der Waals surface area contributed by atoms with E-state index in [1.54, 1.807) is 6.92 Å². The van der Waals surface area contributed by atoms with Gasteiger partial charge in [0.15, 0.2) is 0 Å². The molecule has 94 valence electrons. The van der Waals surface area contributed by atoms with Crippen LogP contribution in [0.25, 0.3) is 0 Å². The molecule has 1 spiro atoms. The first kappa shape index (κ1) is 12.5. The lowest BCUT2D eigenvalue weighted by molar-refractivity contribution is -0.132. The van der Waals surface area contributed by atoms with Crippen molar-refractivity contribution in [1.29, 1.82) is 0 Å². The van der Waals surface area contributed by atoms with Crippen molar-refractivity contribution in [3.63, 3.8) is 0 Å². The molecule has 0 aromatic heterocycles. The van der Waals surface area contributed by atoms with E-state index in [4.69, 9.17) is 0 Å². The van der Waals surface area contributed by atoms with Gasteiger partial charge in [0, 0.05) is 13.1 Å². The maximum absolute atomic E-state index is 11.8. The van der Waals surface area contributed by atoms with Crippen molar-refractivity contribution in [3.8, 4) is 11.8 Å². The number of nitrogens with zero attached hydrogens (tertiary/aromatic N) is 1. The van der Waals surface area contributed by atoms with Crippen molar-refractivity contribution in [2.75, 3.05) is 13.1 Å². The second-order valence-corrected chi connectivity index (χ2v) is 6.12. The number of hydrogen-bond acceptors (Lipinski definition) is 1. The Labute approximate surface area is 105 Å². The van der Waals surface area contributed by atoms with Crippen LogP contribution in [0.1, 0.15) is 46.5 Å². The maximum Gasteiger partial charge on any atom is 0.298 e. The molecule has 2 rings (SSSR count). The molecule has 1 saturated carbocycles. The fraction of sp³-hybridized carbons (Fsp3) is 0.800. The van der Waals surface area contributed by atoms with Gasteiger partial charge in [-0.3, -0.25) is 4.79 Å². The summed E-state index contributed by atoms with van der Waals surface area (Å²) in [4.78, 5) is 13.8. The van der Waals surface area contributed by atoms with Gasteiger partial charge in [0.05, 0.1) is 0 Å². The highest BCUT2D eigenvalue weighted by molar-refractivity contribution is 5.93. The highest BCUT2D eigenvalue weighted by atomic mass is 16.2. The monoisotopic (exact) mass is 233 g/mol. The summed E-state index contributed by atoms with van der Waals surface area (Å²) in [6, 6.07) is 0. The number of likely N-dealkylation sites (tertiary alicyclic amines) is 1. The summed E-state index contributed by atoms with van der Waals surface area (Å²) in [5, 5.41) is 0. The predicted octanol–water partition coefficient (Wildman–Crippen LogP) is 2.68. The Morgan fingerprint density at radius 2 is 2.12 bits per heavy atom. The van der Waals surface area contributed by atoms with E-state index in [0.29, 0.717) is 5.41 Å². The average molecular weight is 233 g/mol. The van der Waals surface area contributed by atoms with Crippen molar-refractivity contribution in [2.24, 2.45) is 17.3 Å². The van der Waals surface area contributed by atoms with Crippen LogP contribution in [0.15, 0.2) is 0 Å². The topological polar surface area (TPSA) is 20.3 Å². The first-order chi connectivity index (χ1) is 8.06. The number of carbonyl (C=O) groups is 1. The van der Waals surface area contributed by atoms with Crippen LogP contribution in [0.2, 0.25) is 0 Å². The molecule has 1 amide bonds. The summed E-state index contributed by atoms with van der Waals surface area (Å²) < 4.78 is 0. The minimum Gasteiger partial charge on any atom is -0.331 e. The Hall–Kier alpha value is -0.970. The largest absolute Gasteiger partial charge is 0.331 e. The molecule has 17 heavy (non-hydrogen) atoms. The highest BCUT2D eigenvalue weighted by Crippen LogP contribution is 2.53. The molecule has 2 fully saturated rings. The van der Waals surface area contributed by atoms with Crippen molar-refractivity contribution < 1.29 is 4.79 Å².